The van der Waals surface area contributed by atoms with Gasteiger partial charge in [0, 0.05) is 6.54 Å². The molecule has 0 radical (unpaired) electrons. The minimum atomic E-state index is -0.743. The van der Waals surface area contributed by atoms with Crippen molar-refractivity contribution in [3.63, 3.8) is 0 Å². The Bertz CT molecular complexity index is 149. The summed E-state index contributed by atoms with van der Waals surface area (Å²) in [6.07, 6.45) is 1.98. The van der Waals surface area contributed by atoms with Gasteiger partial charge in [-0.2, -0.15) is 5.26 Å². The molecule has 1 rings (SSSR count). The predicted octanol–water partition coefficient (Wildman–Crippen LogP) is 0.436. The van der Waals surface area contributed by atoms with Crippen LogP contribution in [-0.2, 0) is 0 Å². The van der Waals surface area contributed by atoms with Crippen molar-refractivity contribution in [1.29, 1.82) is 5.26 Å². The lowest BCUT2D eigenvalue weighted by Gasteiger charge is -2.30. The van der Waals surface area contributed by atoms with E-state index in [-0.39, 0.29) is 18.8 Å². The zero-order chi connectivity index (χ0) is 7.45. The van der Waals surface area contributed by atoms with E-state index in [0.717, 1.165) is 19.4 Å². The molecule has 0 bridgehead atoms. The molecule has 1 atom stereocenters. The Morgan fingerprint density at radius 1 is 1.64 bits per heavy atom. The van der Waals surface area contributed by atoms with E-state index in [4.69, 9.17) is 5.26 Å². The number of nitriles is 1. The number of halogens is 1. The number of piperidine rings is 1. The molecule has 0 aromatic rings. The molecule has 4 heteroatoms. The summed E-state index contributed by atoms with van der Waals surface area (Å²) in [6.45, 7) is 1.54. The van der Waals surface area contributed by atoms with E-state index >= 15 is 0 Å². The maximum atomic E-state index is 9.59. The van der Waals surface area contributed by atoms with Gasteiger partial charge in [-0.05, 0) is 19.4 Å². The van der Waals surface area contributed by atoms with E-state index in [1.165, 1.54) is 0 Å². The molecule has 3 nitrogen and oxygen atoms in total. The molecule has 11 heavy (non-hydrogen) atoms. The maximum Gasteiger partial charge on any atom is 0.0901 e. The highest BCUT2D eigenvalue weighted by molar-refractivity contribution is 5.85. The Balaban J connectivity index is 0.000001000. The fourth-order valence-corrected chi connectivity index (χ4v) is 1.25. The second-order valence-electron chi connectivity index (χ2n) is 2.84. The summed E-state index contributed by atoms with van der Waals surface area (Å²) in [4.78, 5) is 0. The summed E-state index contributed by atoms with van der Waals surface area (Å²) in [7, 11) is 0. The first-order valence-electron chi connectivity index (χ1n) is 3.57. The first-order valence-corrected chi connectivity index (χ1v) is 3.57. The lowest BCUT2D eigenvalue weighted by atomic mass is 9.92. The smallest absolute Gasteiger partial charge is 0.0901 e. The van der Waals surface area contributed by atoms with Crippen molar-refractivity contribution in [2.24, 2.45) is 0 Å². The normalized spacial score (nSPS) is 30.2. The second kappa shape index (κ2) is 4.55. The highest BCUT2D eigenvalue weighted by Gasteiger charge is 2.28. The predicted molar refractivity (Wildman–Crippen MR) is 44.5 cm³/mol. The number of β-amino-alcohol motifs (C(OH)–C–C–N with tert-alkyl or cyclic N) is 1. The third-order valence-electron chi connectivity index (χ3n) is 1.86. The lowest BCUT2D eigenvalue weighted by Crippen LogP contribution is -2.45. The molecule has 1 saturated heterocycles. The molecular weight excluding hydrogens is 164 g/mol. The Kier molecular flexibility index (Phi) is 4.43. The Morgan fingerprint density at radius 3 is 2.82 bits per heavy atom. The number of rotatable bonds is 1. The van der Waals surface area contributed by atoms with E-state index in [1.807, 2.05) is 6.07 Å². The zero-order valence-corrected chi connectivity index (χ0v) is 7.15. The van der Waals surface area contributed by atoms with Crippen molar-refractivity contribution in [1.82, 2.24) is 5.32 Å². The average Bonchev–Trinajstić information content (AvgIpc) is 1.89. The topological polar surface area (TPSA) is 56.0 Å². The lowest BCUT2D eigenvalue weighted by molar-refractivity contribution is 0.0211. The molecule has 0 amide bonds. The van der Waals surface area contributed by atoms with Gasteiger partial charge in [-0.15, -0.1) is 12.4 Å². The van der Waals surface area contributed by atoms with Gasteiger partial charge in [0.15, 0.2) is 0 Å². The largest absolute Gasteiger partial charge is 0.387 e. The quantitative estimate of drug-likeness (QED) is 0.610. The van der Waals surface area contributed by atoms with Crippen LogP contribution in [0.15, 0.2) is 0 Å². The number of nitrogens with zero attached hydrogens (tertiary/aromatic N) is 1. The van der Waals surface area contributed by atoms with Gasteiger partial charge in [0.1, 0.15) is 0 Å². The van der Waals surface area contributed by atoms with E-state index in [1.54, 1.807) is 0 Å². The highest BCUT2D eigenvalue weighted by Crippen LogP contribution is 2.18. The molecule has 64 valence electrons. The van der Waals surface area contributed by atoms with Crippen molar-refractivity contribution in [2.75, 3.05) is 13.1 Å². The van der Waals surface area contributed by atoms with Gasteiger partial charge in [-0.3, -0.25) is 0 Å². The molecule has 2 N–H and O–H groups in total. The van der Waals surface area contributed by atoms with E-state index < -0.39 is 5.60 Å². The summed E-state index contributed by atoms with van der Waals surface area (Å²) in [5.41, 5.74) is -0.743. The zero-order valence-electron chi connectivity index (χ0n) is 6.34. The number of hydrogen-bond acceptors (Lipinski definition) is 3. The standard InChI is InChI=1S/C7H12N2O.ClH/c8-4-3-7(10)2-1-5-9-6-7;/h9-10H,1-3,5-6H2;1H. The van der Waals surface area contributed by atoms with Crippen molar-refractivity contribution >= 4 is 12.4 Å². The van der Waals surface area contributed by atoms with Crippen LogP contribution in [-0.4, -0.2) is 23.8 Å². The van der Waals surface area contributed by atoms with E-state index in [2.05, 4.69) is 5.32 Å². The second-order valence-corrected chi connectivity index (χ2v) is 2.84. The number of nitrogens with one attached hydrogen (secondary N) is 1. The van der Waals surface area contributed by atoms with Crippen molar-refractivity contribution in [2.45, 2.75) is 24.9 Å². The van der Waals surface area contributed by atoms with Crippen LogP contribution in [0.4, 0.5) is 0 Å². The summed E-state index contributed by atoms with van der Waals surface area (Å²) >= 11 is 0. The van der Waals surface area contributed by atoms with Gasteiger partial charge in [-0.1, -0.05) is 0 Å². The van der Waals surface area contributed by atoms with Crippen LogP contribution in [0.1, 0.15) is 19.3 Å². The summed E-state index contributed by atoms with van der Waals surface area (Å²) in [6, 6.07) is 1.99. The SMILES string of the molecule is Cl.N#CCC1(O)CCCNC1. The maximum absolute atomic E-state index is 9.59. The van der Waals surface area contributed by atoms with Crippen LogP contribution >= 0.6 is 12.4 Å². The number of hydrogen-bond donors (Lipinski definition) is 2. The van der Waals surface area contributed by atoms with Gasteiger partial charge in [0.25, 0.3) is 0 Å². The van der Waals surface area contributed by atoms with Gasteiger partial charge in [-0.25, -0.2) is 0 Å². The molecule has 1 fully saturated rings. The monoisotopic (exact) mass is 176 g/mol. The summed E-state index contributed by atoms with van der Waals surface area (Å²) in [5, 5.41) is 21.0. The first kappa shape index (κ1) is 10.7. The Morgan fingerprint density at radius 2 is 2.36 bits per heavy atom. The Hall–Kier alpha value is -0.300. The van der Waals surface area contributed by atoms with Crippen LogP contribution in [0.3, 0.4) is 0 Å². The molecule has 0 aliphatic carbocycles. The van der Waals surface area contributed by atoms with Gasteiger partial charge < -0.3 is 10.4 Å². The van der Waals surface area contributed by atoms with Crippen molar-refractivity contribution < 1.29 is 5.11 Å². The molecule has 1 heterocycles. The van der Waals surface area contributed by atoms with Gasteiger partial charge in [0.05, 0.1) is 18.1 Å². The van der Waals surface area contributed by atoms with Gasteiger partial charge in [0.2, 0.25) is 0 Å². The molecule has 0 saturated carbocycles. The molecule has 1 aliphatic heterocycles. The van der Waals surface area contributed by atoms with E-state index in [9.17, 15) is 5.11 Å². The van der Waals surface area contributed by atoms with Crippen molar-refractivity contribution in [3.8, 4) is 6.07 Å². The number of aliphatic hydroxyl groups is 1. The Labute approximate surface area is 72.8 Å². The highest BCUT2D eigenvalue weighted by atomic mass is 35.5. The molecule has 1 aliphatic rings. The fourth-order valence-electron chi connectivity index (χ4n) is 1.25. The van der Waals surface area contributed by atoms with Crippen LogP contribution < -0.4 is 5.32 Å². The third kappa shape index (κ3) is 3.06. The minimum Gasteiger partial charge on any atom is -0.387 e. The third-order valence-corrected chi connectivity index (χ3v) is 1.86. The van der Waals surface area contributed by atoms with Crippen LogP contribution in [0.25, 0.3) is 0 Å². The molecular formula is C7H13ClN2O. The molecule has 0 aromatic heterocycles. The summed E-state index contributed by atoms with van der Waals surface area (Å²) in [5.74, 6) is 0. The van der Waals surface area contributed by atoms with Crippen LogP contribution in [0, 0.1) is 11.3 Å². The van der Waals surface area contributed by atoms with Crippen LogP contribution in [0.5, 0.6) is 0 Å². The average molecular weight is 177 g/mol. The molecule has 0 aromatic carbocycles. The van der Waals surface area contributed by atoms with E-state index in [0.29, 0.717) is 6.54 Å². The van der Waals surface area contributed by atoms with Crippen molar-refractivity contribution in [3.05, 3.63) is 0 Å². The summed E-state index contributed by atoms with van der Waals surface area (Å²) < 4.78 is 0. The van der Waals surface area contributed by atoms with Crippen LogP contribution in [0.2, 0.25) is 0 Å². The fraction of sp³-hybridized carbons (Fsp3) is 0.857. The molecule has 1 unspecified atom stereocenters. The van der Waals surface area contributed by atoms with Gasteiger partial charge >= 0.3 is 0 Å². The molecule has 0 spiro atoms. The first-order chi connectivity index (χ1) is 4.77. The minimum absolute atomic E-state index is 0.